The number of phosphoric ester groups is 2. The van der Waals surface area contributed by atoms with Crippen molar-refractivity contribution < 1.29 is 37.0 Å². The fraction of sp³-hybridized carbons (Fsp3) is 0. The van der Waals surface area contributed by atoms with E-state index in [1.54, 1.807) is 0 Å². The number of phosphoric acid groups is 2. The van der Waals surface area contributed by atoms with Crippen LogP contribution in [0.25, 0.3) is 0 Å². The van der Waals surface area contributed by atoms with Crippen LogP contribution in [0.15, 0.2) is 60.7 Å². The highest BCUT2D eigenvalue weighted by Gasteiger charge is 2.29. The lowest BCUT2D eigenvalue weighted by Gasteiger charge is -2.17. The van der Waals surface area contributed by atoms with Crippen LogP contribution in [0.2, 0.25) is 20.1 Å². The Hall–Kier alpha value is -1.60. The molecule has 2 N–H and O–H groups in total. The van der Waals surface area contributed by atoms with Crippen LogP contribution in [-0.4, -0.2) is 9.79 Å². The van der Waals surface area contributed by atoms with Gasteiger partial charge in [0, 0.05) is 6.07 Å². The Morgan fingerprint density at radius 1 is 0.594 bits per heavy atom. The van der Waals surface area contributed by atoms with Crippen LogP contribution in [0.4, 0.5) is 0 Å². The van der Waals surface area contributed by atoms with E-state index in [1.165, 1.54) is 54.6 Å². The third-order valence-corrected chi connectivity index (χ3v) is 6.85. The standard InChI is InChI=1S/C18H12Cl4O8P2/c19-13-6-2-8-15(17(13)21)29-31(23,24)27-11-4-1-5-12(10-11)28-32(25,26)30-16-9-3-7-14(20)18(16)22/h1-10H,(H,23,24)(H,25,26). The maximum atomic E-state index is 12.3. The first-order chi connectivity index (χ1) is 15.0. The molecule has 0 saturated heterocycles. The van der Waals surface area contributed by atoms with Gasteiger partial charge in [-0.15, -0.1) is 0 Å². The average Bonchev–Trinajstić information content (AvgIpc) is 2.68. The molecule has 0 spiro atoms. The summed E-state index contributed by atoms with van der Waals surface area (Å²) >= 11 is 23.6. The average molecular weight is 560 g/mol. The Labute approximate surface area is 202 Å². The number of benzene rings is 3. The molecule has 0 aliphatic heterocycles. The van der Waals surface area contributed by atoms with E-state index in [-0.39, 0.29) is 43.1 Å². The van der Waals surface area contributed by atoms with Gasteiger partial charge in [-0.05, 0) is 36.4 Å². The second-order valence-corrected chi connectivity index (χ2v) is 10.1. The van der Waals surface area contributed by atoms with Crippen molar-refractivity contribution in [3.8, 4) is 23.0 Å². The molecule has 32 heavy (non-hydrogen) atoms. The molecule has 3 aromatic carbocycles. The summed E-state index contributed by atoms with van der Waals surface area (Å²) in [4.78, 5) is 20.0. The third kappa shape index (κ3) is 6.70. The first kappa shape index (κ1) is 25.0. The summed E-state index contributed by atoms with van der Waals surface area (Å²) in [6, 6.07) is 13.5. The molecule has 14 heteroatoms. The first-order valence-electron chi connectivity index (χ1n) is 8.38. The molecule has 0 heterocycles. The molecule has 0 bridgehead atoms. The van der Waals surface area contributed by atoms with Crippen molar-refractivity contribution in [1.82, 2.24) is 0 Å². The zero-order valence-corrected chi connectivity index (χ0v) is 20.3. The van der Waals surface area contributed by atoms with E-state index in [0.717, 1.165) is 6.07 Å². The zero-order chi connectivity index (χ0) is 23.5. The van der Waals surface area contributed by atoms with Gasteiger partial charge in [0.05, 0.1) is 10.0 Å². The highest BCUT2D eigenvalue weighted by atomic mass is 35.5. The molecule has 2 atom stereocenters. The lowest BCUT2D eigenvalue weighted by Crippen LogP contribution is -2.02. The molecular formula is C18H12Cl4O8P2. The molecule has 3 rings (SSSR count). The summed E-state index contributed by atoms with van der Waals surface area (Å²) < 4.78 is 44.5. The van der Waals surface area contributed by atoms with Gasteiger partial charge in [0.15, 0.2) is 11.5 Å². The van der Waals surface area contributed by atoms with E-state index in [2.05, 4.69) is 0 Å². The van der Waals surface area contributed by atoms with Crippen LogP contribution in [-0.2, 0) is 9.13 Å². The lowest BCUT2D eigenvalue weighted by molar-refractivity contribution is 0.288. The van der Waals surface area contributed by atoms with Crippen molar-refractivity contribution in [3.63, 3.8) is 0 Å². The first-order valence-corrected chi connectivity index (χ1v) is 12.9. The van der Waals surface area contributed by atoms with Gasteiger partial charge >= 0.3 is 15.6 Å². The molecule has 170 valence electrons. The zero-order valence-electron chi connectivity index (χ0n) is 15.5. The Balaban J connectivity index is 1.73. The number of hydrogen-bond donors (Lipinski definition) is 2. The fourth-order valence-corrected chi connectivity index (χ4v) is 4.65. The predicted molar refractivity (Wildman–Crippen MR) is 122 cm³/mol. The minimum atomic E-state index is -4.71. The van der Waals surface area contributed by atoms with Crippen LogP contribution < -0.4 is 18.1 Å². The number of halogens is 4. The monoisotopic (exact) mass is 558 g/mol. The van der Waals surface area contributed by atoms with Crippen LogP contribution >= 0.6 is 62.0 Å². The third-order valence-electron chi connectivity index (χ3n) is 3.51. The maximum Gasteiger partial charge on any atom is 0.584 e. The molecule has 0 aliphatic carbocycles. The van der Waals surface area contributed by atoms with E-state index in [4.69, 9.17) is 64.5 Å². The van der Waals surface area contributed by atoms with Crippen molar-refractivity contribution in [1.29, 1.82) is 0 Å². The molecule has 0 amide bonds. The van der Waals surface area contributed by atoms with Crippen molar-refractivity contribution in [3.05, 3.63) is 80.8 Å². The molecule has 0 radical (unpaired) electrons. The van der Waals surface area contributed by atoms with Gasteiger partial charge in [0.2, 0.25) is 0 Å². The summed E-state index contributed by atoms with van der Waals surface area (Å²) in [7, 11) is -9.43. The minimum absolute atomic E-state index is 0.0813. The van der Waals surface area contributed by atoms with E-state index in [1.807, 2.05) is 0 Å². The van der Waals surface area contributed by atoms with E-state index >= 15 is 0 Å². The van der Waals surface area contributed by atoms with Gasteiger partial charge in [-0.25, -0.2) is 9.13 Å². The summed E-state index contributed by atoms with van der Waals surface area (Å²) in [5.41, 5.74) is 0. The summed E-state index contributed by atoms with van der Waals surface area (Å²) in [5, 5.41) is 0.0560. The van der Waals surface area contributed by atoms with Crippen molar-refractivity contribution in [2.45, 2.75) is 0 Å². The number of hydrogen-bond acceptors (Lipinski definition) is 6. The van der Waals surface area contributed by atoms with Gasteiger partial charge in [-0.3, -0.25) is 9.79 Å². The predicted octanol–water partition coefficient (Wildman–Crippen LogP) is 7.42. The second-order valence-electron chi connectivity index (χ2n) is 5.88. The molecule has 0 saturated carbocycles. The van der Waals surface area contributed by atoms with Crippen molar-refractivity contribution in [2.75, 3.05) is 0 Å². The second kappa shape index (κ2) is 10.1. The molecule has 0 aliphatic rings. The van der Waals surface area contributed by atoms with Crippen molar-refractivity contribution in [2.24, 2.45) is 0 Å². The molecule has 3 aromatic rings. The lowest BCUT2D eigenvalue weighted by atomic mass is 10.3. The summed E-state index contributed by atoms with van der Waals surface area (Å²) in [6.07, 6.45) is 0. The Morgan fingerprint density at radius 2 is 0.969 bits per heavy atom. The van der Waals surface area contributed by atoms with Crippen LogP contribution in [0, 0.1) is 0 Å². The van der Waals surface area contributed by atoms with Gasteiger partial charge in [0.1, 0.15) is 21.5 Å². The van der Waals surface area contributed by atoms with Gasteiger partial charge < -0.3 is 18.1 Å². The van der Waals surface area contributed by atoms with Gasteiger partial charge in [-0.1, -0.05) is 64.6 Å². The van der Waals surface area contributed by atoms with E-state index in [0.29, 0.717) is 0 Å². The summed E-state index contributed by atoms with van der Waals surface area (Å²) in [6.45, 7) is 0. The van der Waals surface area contributed by atoms with Crippen LogP contribution in [0.1, 0.15) is 0 Å². The van der Waals surface area contributed by atoms with Gasteiger partial charge in [0.25, 0.3) is 0 Å². The smallest absolute Gasteiger partial charge is 0.395 e. The highest BCUT2D eigenvalue weighted by Crippen LogP contribution is 2.50. The molecule has 0 aromatic heterocycles. The quantitative estimate of drug-likeness (QED) is 0.274. The van der Waals surface area contributed by atoms with E-state index < -0.39 is 15.6 Å². The fourth-order valence-electron chi connectivity index (χ4n) is 2.25. The minimum Gasteiger partial charge on any atom is -0.395 e. The molecule has 8 nitrogen and oxygen atoms in total. The maximum absolute atomic E-state index is 12.3. The molecule has 0 fully saturated rings. The number of rotatable bonds is 8. The largest absolute Gasteiger partial charge is 0.584 e. The normalized spacial score (nSPS) is 14.7. The van der Waals surface area contributed by atoms with Crippen molar-refractivity contribution >= 4 is 62.0 Å². The Bertz CT molecular complexity index is 1150. The molecule has 2 unspecified atom stereocenters. The van der Waals surface area contributed by atoms with E-state index in [9.17, 15) is 18.9 Å². The Morgan fingerprint density at radius 3 is 1.38 bits per heavy atom. The topological polar surface area (TPSA) is 112 Å². The van der Waals surface area contributed by atoms with Crippen LogP contribution in [0.5, 0.6) is 23.0 Å². The summed E-state index contributed by atoms with van der Waals surface area (Å²) in [5.74, 6) is -0.785. The van der Waals surface area contributed by atoms with Gasteiger partial charge in [-0.2, -0.15) is 0 Å². The SMILES string of the molecule is O=P(O)(Oc1cccc(OP(=O)(O)Oc2cccc(Cl)c2Cl)c1)Oc1cccc(Cl)c1Cl. The Kier molecular flexibility index (Phi) is 7.92. The molecular weight excluding hydrogens is 548 g/mol. The van der Waals surface area contributed by atoms with Crippen LogP contribution in [0.3, 0.4) is 0 Å². The highest BCUT2D eigenvalue weighted by molar-refractivity contribution is 7.48.